The average Bonchev–Trinajstić information content (AvgIpc) is 2.54. The molecule has 0 bridgehead atoms. The Kier molecular flexibility index (Phi) is 4.05. The van der Waals surface area contributed by atoms with Gasteiger partial charge >= 0.3 is 0 Å². The van der Waals surface area contributed by atoms with E-state index in [4.69, 9.17) is 15.5 Å². The van der Waals surface area contributed by atoms with Crippen LogP contribution in [0.2, 0.25) is 0 Å². The van der Waals surface area contributed by atoms with Gasteiger partial charge in [-0.1, -0.05) is 18.2 Å². The van der Waals surface area contributed by atoms with Crippen molar-refractivity contribution in [3.63, 3.8) is 0 Å². The lowest BCUT2D eigenvalue weighted by Gasteiger charge is -2.39. The molecule has 1 aromatic heterocycles. The molecule has 1 aliphatic rings. The zero-order valence-corrected chi connectivity index (χ0v) is 12.2. The van der Waals surface area contributed by atoms with Gasteiger partial charge in [-0.25, -0.2) is 4.98 Å². The van der Waals surface area contributed by atoms with Gasteiger partial charge in [-0.05, 0) is 19.1 Å². The number of pyridine rings is 1. The van der Waals surface area contributed by atoms with Gasteiger partial charge < -0.3 is 20.5 Å². The molecule has 0 aliphatic carbocycles. The predicted molar refractivity (Wildman–Crippen MR) is 83.3 cm³/mol. The Morgan fingerprint density at radius 2 is 2.24 bits per heavy atom. The number of aliphatic hydroxyl groups excluding tert-OH is 1. The fraction of sp³-hybridized carbons (Fsp3) is 0.438. The minimum Gasteiger partial charge on any atom is -0.394 e. The van der Waals surface area contributed by atoms with Crippen molar-refractivity contribution in [1.29, 1.82) is 0 Å². The topological polar surface area (TPSA) is 71.6 Å². The van der Waals surface area contributed by atoms with E-state index in [1.165, 1.54) is 0 Å². The summed E-state index contributed by atoms with van der Waals surface area (Å²) >= 11 is 0. The largest absolute Gasteiger partial charge is 0.394 e. The molecule has 2 atom stereocenters. The molecule has 2 aromatic rings. The predicted octanol–water partition coefficient (Wildman–Crippen LogP) is 1.28. The van der Waals surface area contributed by atoms with Crippen molar-refractivity contribution in [2.75, 3.05) is 24.7 Å². The molecular weight excluding hydrogens is 266 g/mol. The van der Waals surface area contributed by atoms with E-state index in [1.54, 1.807) is 0 Å². The summed E-state index contributed by atoms with van der Waals surface area (Å²) in [6.45, 7) is 3.79. The molecule has 3 N–H and O–H groups in total. The van der Waals surface area contributed by atoms with Crippen LogP contribution in [-0.2, 0) is 11.3 Å². The Labute approximate surface area is 124 Å². The number of morpholine rings is 1. The quantitative estimate of drug-likeness (QED) is 0.890. The van der Waals surface area contributed by atoms with E-state index in [-0.39, 0.29) is 18.8 Å². The van der Waals surface area contributed by atoms with E-state index in [9.17, 15) is 5.11 Å². The number of benzene rings is 1. The van der Waals surface area contributed by atoms with Crippen molar-refractivity contribution >= 4 is 16.7 Å². The van der Waals surface area contributed by atoms with Gasteiger partial charge in [-0.2, -0.15) is 0 Å². The molecule has 2 unspecified atom stereocenters. The second-order valence-corrected chi connectivity index (χ2v) is 5.51. The van der Waals surface area contributed by atoms with Gasteiger partial charge in [-0.15, -0.1) is 0 Å². The number of aromatic nitrogens is 1. The van der Waals surface area contributed by atoms with Gasteiger partial charge in [0.25, 0.3) is 0 Å². The Balaban J connectivity index is 2.04. The first kappa shape index (κ1) is 14.3. The first-order valence-electron chi connectivity index (χ1n) is 7.30. The maximum absolute atomic E-state index is 9.34. The summed E-state index contributed by atoms with van der Waals surface area (Å²) in [6.07, 6.45) is -0.167. The summed E-state index contributed by atoms with van der Waals surface area (Å²) in [5.41, 5.74) is 7.90. The third kappa shape index (κ3) is 2.72. The molecule has 1 saturated heterocycles. The molecule has 112 valence electrons. The molecule has 0 radical (unpaired) electrons. The number of aliphatic hydroxyl groups is 1. The number of ether oxygens (including phenoxy) is 1. The molecule has 2 heterocycles. The van der Waals surface area contributed by atoms with Gasteiger partial charge in [-0.3, -0.25) is 0 Å². The van der Waals surface area contributed by atoms with E-state index in [1.807, 2.05) is 24.3 Å². The van der Waals surface area contributed by atoms with Crippen LogP contribution in [0.3, 0.4) is 0 Å². The van der Waals surface area contributed by atoms with Gasteiger partial charge in [0, 0.05) is 24.0 Å². The number of rotatable bonds is 3. The van der Waals surface area contributed by atoms with E-state index in [2.05, 4.69) is 17.9 Å². The van der Waals surface area contributed by atoms with Crippen LogP contribution in [0.15, 0.2) is 30.3 Å². The number of nitrogens with two attached hydrogens (primary N) is 1. The summed E-state index contributed by atoms with van der Waals surface area (Å²) in [7, 11) is 0. The molecule has 1 fully saturated rings. The van der Waals surface area contributed by atoms with E-state index in [0.29, 0.717) is 19.7 Å². The third-order valence-electron chi connectivity index (χ3n) is 3.98. The fourth-order valence-electron chi connectivity index (χ4n) is 2.77. The van der Waals surface area contributed by atoms with Crippen molar-refractivity contribution in [2.24, 2.45) is 5.73 Å². The van der Waals surface area contributed by atoms with Crippen molar-refractivity contribution in [2.45, 2.75) is 25.6 Å². The lowest BCUT2D eigenvalue weighted by atomic mass is 10.1. The van der Waals surface area contributed by atoms with Crippen LogP contribution in [0.1, 0.15) is 12.5 Å². The van der Waals surface area contributed by atoms with Gasteiger partial charge in [0.1, 0.15) is 5.82 Å². The summed E-state index contributed by atoms with van der Waals surface area (Å²) in [4.78, 5) is 6.99. The maximum Gasteiger partial charge on any atom is 0.134 e. The standard InChI is InChI=1S/C16H21N3O2/c1-11-10-21-14(9-20)8-19(11)16-13(7-17)6-12-4-2-3-5-15(12)18-16/h2-6,11,14,20H,7-10,17H2,1H3. The molecule has 3 rings (SSSR count). The minimum atomic E-state index is -0.167. The second kappa shape index (κ2) is 5.97. The highest BCUT2D eigenvalue weighted by atomic mass is 16.5. The molecule has 0 amide bonds. The normalized spacial score (nSPS) is 22.7. The SMILES string of the molecule is CC1COC(CO)CN1c1nc2ccccc2cc1CN. The summed E-state index contributed by atoms with van der Waals surface area (Å²) in [6, 6.07) is 10.4. The van der Waals surface area contributed by atoms with Crippen LogP contribution in [0.5, 0.6) is 0 Å². The summed E-state index contributed by atoms with van der Waals surface area (Å²) < 4.78 is 5.60. The molecule has 1 aromatic carbocycles. The van der Waals surface area contributed by atoms with Gasteiger partial charge in [0.2, 0.25) is 0 Å². The third-order valence-corrected chi connectivity index (χ3v) is 3.98. The highest BCUT2D eigenvalue weighted by Crippen LogP contribution is 2.27. The zero-order valence-electron chi connectivity index (χ0n) is 12.2. The van der Waals surface area contributed by atoms with Gasteiger partial charge in [0.15, 0.2) is 0 Å². The van der Waals surface area contributed by atoms with Crippen LogP contribution in [-0.4, -0.2) is 42.0 Å². The summed E-state index contributed by atoms with van der Waals surface area (Å²) in [5.74, 6) is 0.908. The lowest BCUT2D eigenvalue weighted by Crippen LogP contribution is -2.50. The first-order chi connectivity index (χ1) is 10.2. The molecular formula is C16H21N3O2. The molecule has 0 spiro atoms. The molecule has 5 heteroatoms. The van der Waals surface area contributed by atoms with Crippen molar-refractivity contribution < 1.29 is 9.84 Å². The minimum absolute atomic E-state index is 0.0226. The number of hydrogen-bond acceptors (Lipinski definition) is 5. The summed E-state index contributed by atoms with van der Waals surface area (Å²) in [5, 5.41) is 10.4. The zero-order chi connectivity index (χ0) is 14.8. The number of fused-ring (bicyclic) bond motifs is 1. The van der Waals surface area contributed by atoms with Crippen molar-refractivity contribution in [3.05, 3.63) is 35.9 Å². The van der Waals surface area contributed by atoms with Crippen molar-refractivity contribution in [1.82, 2.24) is 4.98 Å². The lowest BCUT2D eigenvalue weighted by molar-refractivity contribution is -0.0106. The first-order valence-corrected chi connectivity index (χ1v) is 7.30. The molecule has 5 nitrogen and oxygen atoms in total. The van der Waals surface area contributed by atoms with Crippen LogP contribution in [0.4, 0.5) is 5.82 Å². The smallest absolute Gasteiger partial charge is 0.134 e. The maximum atomic E-state index is 9.34. The highest BCUT2D eigenvalue weighted by Gasteiger charge is 2.28. The Morgan fingerprint density at radius 1 is 1.43 bits per heavy atom. The Morgan fingerprint density at radius 3 is 3.00 bits per heavy atom. The van der Waals surface area contributed by atoms with E-state index in [0.717, 1.165) is 22.3 Å². The number of nitrogens with zero attached hydrogens (tertiary/aromatic N) is 2. The van der Waals surface area contributed by atoms with Crippen molar-refractivity contribution in [3.8, 4) is 0 Å². The molecule has 1 aliphatic heterocycles. The molecule has 21 heavy (non-hydrogen) atoms. The van der Waals surface area contributed by atoms with Crippen LogP contribution >= 0.6 is 0 Å². The monoisotopic (exact) mass is 287 g/mol. The van der Waals surface area contributed by atoms with Crippen LogP contribution in [0.25, 0.3) is 10.9 Å². The second-order valence-electron chi connectivity index (χ2n) is 5.51. The van der Waals surface area contributed by atoms with Crippen LogP contribution in [0, 0.1) is 0 Å². The average molecular weight is 287 g/mol. The van der Waals surface area contributed by atoms with Gasteiger partial charge in [0.05, 0.1) is 30.9 Å². The Hall–Kier alpha value is -1.69. The van der Waals surface area contributed by atoms with E-state index >= 15 is 0 Å². The van der Waals surface area contributed by atoms with Crippen LogP contribution < -0.4 is 10.6 Å². The number of para-hydroxylation sites is 1. The number of anilines is 1. The Bertz CT molecular complexity index is 632. The van der Waals surface area contributed by atoms with E-state index < -0.39 is 0 Å². The number of hydrogen-bond donors (Lipinski definition) is 2. The molecule has 0 saturated carbocycles. The highest BCUT2D eigenvalue weighted by molar-refractivity contribution is 5.81. The fourth-order valence-corrected chi connectivity index (χ4v) is 2.77.